The number of rotatable bonds is 5. The van der Waals surface area contributed by atoms with Crippen LogP contribution in [0.3, 0.4) is 0 Å². The Kier molecular flexibility index (Phi) is 5.57. The maximum Gasteiger partial charge on any atom is 0.244 e. The van der Waals surface area contributed by atoms with Crippen LogP contribution in [-0.4, -0.2) is 30.5 Å². The zero-order chi connectivity index (χ0) is 19.4. The maximum absolute atomic E-state index is 12.6. The number of nitrogens with zero attached hydrogens (tertiary/aromatic N) is 2. The number of hydrogen-bond donors (Lipinski definition) is 1. The molecule has 2 amide bonds. The van der Waals surface area contributed by atoms with Crippen LogP contribution < -0.4 is 15.0 Å². The molecule has 1 N–H and O–H groups in total. The molecule has 0 bridgehead atoms. The van der Waals surface area contributed by atoms with Gasteiger partial charge >= 0.3 is 0 Å². The molecule has 27 heavy (non-hydrogen) atoms. The van der Waals surface area contributed by atoms with Gasteiger partial charge in [0.25, 0.3) is 0 Å². The van der Waals surface area contributed by atoms with E-state index < -0.39 is 0 Å². The zero-order valence-electron chi connectivity index (χ0n) is 14.9. The number of para-hydroxylation sites is 1. The number of amides is 2. The van der Waals surface area contributed by atoms with E-state index in [9.17, 15) is 9.59 Å². The van der Waals surface area contributed by atoms with Crippen LogP contribution in [0.1, 0.15) is 6.92 Å². The summed E-state index contributed by atoms with van der Waals surface area (Å²) in [5, 5.41) is 4.10. The monoisotopic (exact) mass is 383 g/mol. The number of benzene rings is 2. The van der Waals surface area contributed by atoms with Crippen LogP contribution in [0, 0.1) is 0 Å². The van der Waals surface area contributed by atoms with E-state index in [-0.39, 0.29) is 18.4 Å². The first-order valence-electron chi connectivity index (χ1n) is 8.25. The van der Waals surface area contributed by atoms with E-state index in [4.69, 9.17) is 16.3 Å². The molecule has 0 aliphatic rings. The van der Waals surface area contributed by atoms with Crippen LogP contribution in [0.15, 0.2) is 54.7 Å². The van der Waals surface area contributed by atoms with Crippen molar-refractivity contribution in [2.45, 2.75) is 6.92 Å². The van der Waals surface area contributed by atoms with E-state index in [1.165, 1.54) is 18.9 Å². The van der Waals surface area contributed by atoms with Gasteiger partial charge in [0.15, 0.2) is 0 Å². The number of halogens is 1. The second-order valence-corrected chi connectivity index (χ2v) is 6.29. The number of pyridine rings is 1. The number of anilines is 2. The summed E-state index contributed by atoms with van der Waals surface area (Å²) in [5.74, 6) is -0.158. The summed E-state index contributed by atoms with van der Waals surface area (Å²) in [6.07, 6.45) is 1.65. The summed E-state index contributed by atoms with van der Waals surface area (Å²) in [5.41, 5.74) is 1.67. The fraction of sp³-hybridized carbons (Fsp3) is 0.150. The summed E-state index contributed by atoms with van der Waals surface area (Å²) in [7, 11) is 1.50. The number of methoxy groups -OCH3 is 1. The fourth-order valence-corrected chi connectivity index (χ4v) is 2.96. The van der Waals surface area contributed by atoms with E-state index in [0.717, 1.165) is 5.39 Å². The number of fused-ring (bicyclic) bond motifs is 1. The molecule has 0 aliphatic carbocycles. The highest BCUT2D eigenvalue weighted by Gasteiger charge is 2.19. The third kappa shape index (κ3) is 4.17. The van der Waals surface area contributed by atoms with Gasteiger partial charge in [0.2, 0.25) is 11.8 Å². The normalized spacial score (nSPS) is 10.5. The van der Waals surface area contributed by atoms with Crippen molar-refractivity contribution >= 4 is 45.7 Å². The topological polar surface area (TPSA) is 71.5 Å². The van der Waals surface area contributed by atoms with Gasteiger partial charge in [-0.2, -0.15) is 0 Å². The van der Waals surface area contributed by atoms with E-state index in [2.05, 4.69) is 10.3 Å². The molecule has 0 radical (unpaired) electrons. The molecule has 0 fully saturated rings. The Balaban J connectivity index is 1.88. The largest absolute Gasteiger partial charge is 0.495 e. The van der Waals surface area contributed by atoms with E-state index in [1.807, 2.05) is 24.3 Å². The molecule has 0 unspecified atom stereocenters. The molecule has 6 nitrogen and oxygen atoms in total. The molecule has 0 saturated heterocycles. The number of aromatic nitrogens is 1. The minimum absolute atomic E-state index is 0.166. The summed E-state index contributed by atoms with van der Waals surface area (Å²) < 4.78 is 5.23. The second kappa shape index (κ2) is 8.05. The number of ether oxygens (including phenoxy) is 1. The van der Waals surface area contributed by atoms with Gasteiger partial charge in [-0.25, -0.2) is 0 Å². The molecule has 1 heterocycles. The SMILES string of the molecule is COc1ccc(Cl)cc1NC(=O)CN(C(C)=O)c1cccc2cccnc12. The Hall–Kier alpha value is -3.12. The number of hydrogen-bond acceptors (Lipinski definition) is 4. The average Bonchev–Trinajstić information content (AvgIpc) is 2.66. The van der Waals surface area contributed by atoms with Crippen molar-refractivity contribution in [1.82, 2.24) is 4.98 Å². The highest BCUT2D eigenvalue weighted by Crippen LogP contribution is 2.28. The van der Waals surface area contributed by atoms with E-state index in [0.29, 0.717) is 27.7 Å². The Labute approximate surface area is 161 Å². The van der Waals surface area contributed by atoms with Gasteiger partial charge < -0.3 is 15.0 Å². The lowest BCUT2D eigenvalue weighted by atomic mass is 10.1. The van der Waals surface area contributed by atoms with Crippen LogP contribution >= 0.6 is 11.6 Å². The average molecular weight is 384 g/mol. The smallest absolute Gasteiger partial charge is 0.244 e. The lowest BCUT2D eigenvalue weighted by Crippen LogP contribution is -2.37. The molecular weight excluding hydrogens is 366 g/mol. The van der Waals surface area contributed by atoms with Crippen molar-refractivity contribution < 1.29 is 14.3 Å². The van der Waals surface area contributed by atoms with Gasteiger partial charge in [-0.05, 0) is 30.3 Å². The molecule has 138 valence electrons. The molecule has 0 atom stereocenters. The molecule has 0 aliphatic heterocycles. The first kappa shape index (κ1) is 18.7. The fourth-order valence-electron chi connectivity index (χ4n) is 2.78. The first-order chi connectivity index (χ1) is 13.0. The molecule has 3 rings (SSSR count). The summed E-state index contributed by atoms with van der Waals surface area (Å²) in [6, 6.07) is 14.1. The van der Waals surface area contributed by atoms with Crippen LogP contribution in [0.2, 0.25) is 5.02 Å². The second-order valence-electron chi connectivity index (χ2n) is 5.85. The molecular formula is C20H18ClN3O3. The minimum Gasteiger partial charge on any atom is -0.495 e. The highest BCUT2D eigenvalue weighted by atomic mass is 35.5. The van der Waals surface area contributed by atoms with Gasteiger partial charge in [0.05, 0.1) is 24.0 Å². The number of carbonyl (C=O) groups is 2. The number of carbonyl (C=O) groups excluding carboxylic acids is 2. The highest BCUT2D eigenvalue weighted by molar-refractivity contribution is 6.31. The van der Waals surface area contributed by atoms with Crippen molar-refractivity contribution in [2.75, 3.05) is 23.9 Å². The molecule has 0 saturated carbocycles. The van der Waals surface area contributed by atoms with Crippen molar-refractivity contribution in [3.63, 3.8) is 0 Å². The van der Waals surface area contributed by atoms with Gasteiger partial charge in [-0.15, -0.1) is 0 Å². The number of nitrogens with one attached hydrogen (secondary N) is 1. The quantitative estimate of drug-likeness (QED) is 0.725. The van der Waals surface area contributed by atoms with Crippen molar-refractivity contribution in [2.24, 2.45) is 0 Å². The molecule has 0 spiro atoms. The third-order valence-corrected chi connectivity index (χ3v) is 4.25. The van der Waals surface area contributed by atoms with E-state index in [1.54, 1.807) is 30.5 Å². The maximum atomic E-state index is 12.6. The van der Waals surface area contributed by atoms with Gasteiger partial charge in [0.1, 0.15) is 12.3 Å². The van der Waals surface area contributed by atoms with Crippen LogP contribution in [0.4, 0.5) is 11.4 Å². The van der Waals surface area contributed by atoms with Gasteiger partial charge in [-0.3, -0.25) is 14.6 Å². The Bertz CT molecular complexity index is 1000. The standard InChI is InChI=1S/C20H18ClN3O3/c1-13(25)24(17-7-3-5-14-6-4-10-22-20(14)17)12-19(26)23-16-11-15(21)8-9-18(16)27-2/h3-11H,12H2,1-2H3,(H,23,26). The lowest BCUT2D eigenvalue weighted by Gasteiger charge is -2.22. The van der Waals surface area contributed by atoms with Gasteiger partial charge in [-0.1, -0.05) is 29.8 Å². The molecule has 3 aromatic rings. The van der Waals surface area contributed by atoms with E-state index >= 15 is 0 Å². The van der Waals surface area contributed by atoms with Gasteiger partial charge in [0, 0.05) is 23.5 Å². The molecule has 1 aromatic heterocycles. The van der Waals surface area contributed by atoms with Crippen molar-refractivity contribution in [3.8, 4) is 5.75 Å². The Morgan fingerprint density at radius 3 is 2.70 bits per heavy atom. The molecule has 7 heteroatoms. The summed E-state index contributed by atoms with van der Waals surface area (Å²) >= 11 is 6.00. The minimum atomic E-state index is -0.376. The summed E-state index contributed by atoms with van der Waals surface area (Å²) in [4.78, 5) is 30.6. The predicted molar refractivity (Wildman–Crippen MR) is 106 cm³/mol. The van der Waals surface area contributed by atoms with Crippen LogP contribution in [-0.2, 0) is 9.59 Å². The zero-order valence-corrected chi connectivity index (χ0v) is 15.7. The van der Waals surface area contributed by atoms with Crippen molar-refractivity contribution in [3.05, 3.63) is 59.8 Å². The Morgan fingerprint density at radius 1 is 1.19 bits per heavy atom. The first-order valence-corrected chi connectivity index (χ1v) is 8.62. The van der Waals surface area contributed by atoms with Crippen LogP contribution in [0.25, 0.3) is 10.9 Å². The molecule has 2 aromatic carbocycles. The lowest BCUT2D eigenvalue weighted by molar-refractivity contribution is -0.120. The van der Waals surface area contributed by atoms with Crippen molar-refractivity contribution in [1.29, 1.82) is 0 Å². The predicted octanol–water partition coefficient (Wildman–Crippen LogP) is 3.89. The third-order valence-electron chi connectivity index (χ3n) is 4.02. The van der Waals surface area contributed by atoms with Crippen LogP contribution in [0.5, 0.6) is 5.75 Å². The Morgan fingerprint density at radius 2 is 1.96 bits per heavy atom. The summed E-state index contributed by atoms with van der Waals surface area (Å²) in [6.45, 7) is 1.25.